The third kappa shape index (κ3) is 6.53. The van der Waals surface area contributed by atoms with Crippen LogP contribution in [0.3, 0.4) is 0 Å². The van der Waals surface area contributed by atoms with Gasteiger partial charge in [-0.3, -0.25) is 4.57 Å². The van der Waals surface area contributed by atoms with Gasteiger partial charge >= 0.3 is 0 Å². The van der Waals surface area contributed by atoms with Crippen molar-refractivity contribution in [2.75, 3.05) is 0 Å². The molecule has 0 aliphatic carbocycles. The second-order valence-electron chi connectivity index (χ2n) is 15.6. The number of nitrogens with zero attached hydrogens (tertiary/aromatic N) is 4. The lowest BCUT2D eigenvalue weighted by molar-refractivity contribution is 0.478. The average molecular weight is 689 g/mol. The minimum absolute atomic E-state index is 0.0998. The molecule has 0 saturated carbocycles. The molecule has 0 amide bonds. The van der Waals surface area contributed by atoms with Crippen LogP contribution in [-0.4, -0.2) is 19.3 Å². The molecule has 0 aliphatic rings. The van der Waals surface area contributed by atoms with E-state index in [0.717, 1.165) is 59.7 Å². The molecule has 266 valence electrons. The average Bonchev–Trinajstić information content (AvgIpc) is 3.63. The molecule has 0 atom stereocenters. The number of pyridine rings is 1. The minimum atomic E-state index is -0.0998. The number of aromatic nitrogens is 4. The van der Waals surface area contributed by atoms with E-state index in [4.69, 9.17) is 14.8 Å². The number of benzene rings is 4. The lowest BCUT2D eigenvalue weighted by atomic mass is 9.86. The first kappa shape index (κ1) is 35.3. The lowest BCUT2D eigenvalue weighted by Crippen LogP contribution is -2.13. The van der Waals surface area contributed by atoms with Gasteiger partial charge in [0.15, 0.2) is 0 Å². The summed E-state index contributed by atoms with van der Waals surface area (Å²) in [6.45, 7) is 20.2. The van der Waals surface area contributed by atoms with E-state index in [0.29, 0.717) is 5.92 Å². The summed E-state index contributed by atoms with van der Waals surface area (Å²) in [6, 6.07) is 32.6. The Bertz CT molecular complexity index is 2380. The normalized spacial score (nSPS) is 12.0. The van der Waals surface area contributed by atoms with Crippen LogP contribution in [0.1, 0.15) is 101 Å². The molecule has 0 fully saturated rings. The van der Waals surface area contributed by atoms with Gasteiger partial charge in [0.1, 0.15) is 17.3 Å². The molecule has 7 aromatic rings. The van der Waals surface area contributed by atoms with Crippen LogP contribution < -0.4 is 4.74 Å². The number of hydrogen-bond donors (Lipinski definition) is 0. The fraction of sp³-hybridized carbons (Fsp3) is 0.319. The summed E-state index contributed by atoms with van der Waals surface area (Å²) in [5.41, 5.74) is 13.2. The number of rotatable bonds is 10. The molecule has 5 heteroatoms. The number of ether oxygens (including phenoxy) is 1. The Hall–Kier alpha value is -5.16. The number of aryl methyl sites for hydroxylation is 3. The van der Waals surface area contributed by atoms with Gasteiger partial charge in [-0.2, -0.15) is 5.10 Å². The molecule has 3 heterocycles. The summed E-state index contributed by atoms with van der Waals surface area (Å²) in [6.07, 6.45) is 5.85. The van der Waals surface area contributed by atoms with Gasteiger partial charge in [0, 0.05) is 34.7 Å². The zero-order valence-electron chi connectivity index (χ0n) is 32.3. The van der Waals surface area contributed by atoms with E-state index in [1.54, 1.807) is 0 Å². The van der Waals surface area contributed by atoms with E-state index in [1.165, 1.54) is 55.5 Å². The van der Waals surface area contributed by atoms with Gasteiger partial charge in [0.25, 0.3) is 0 Å². The lowest BCUT2D eigenvalue weighted by Gasteiger charge is -2.22. The van der Waals surface area contributed by atoms with E-state index in [2.05, 4.69) is 163 Å². The number of para-hydroxylation sites is 1. The van der Waals surface area contributed by atoms with Crippen molar-refractivity contribution in [3.05, 3.63) is 131 Å². The summed E-state index contributed by atoms with van der Waals surface area (Å²) >= 11 is 0. The van der Waals surface area contributed by atoms with Crippen LogP contribution in [0.5, 0.6) is 11.5 Å². The molecule has 0 spiro atoms. The van der Waals surface area contributed by atoms with Gasteiger partial charge in [-0.1, -0.05) is 97.7 Å². The molecule has 5 nitrogen and oxygen atoms in total. The van der Waals surface area contributed by atoms with Crippen molar-refractivity contribution in [1.29, 1.82) is 0 Å². The Labute approximate surface area is 309 Å². The van der Waals surface area contributed by atoms with Crippen LogP contribution in [0.4, 0.5) is 0 Å². The second-order valence-corrected chi connectivity index (χ2v) is 15.6. The molecule has 0 aliphatic heterocycles. The Morgan fingerprint density at radius 1 is 0.712 bits per heavy atom. The highest BCUT2D eigenvalue weighted by atomic mass is 16.5. The van der Waals surface area contributed by atoms with Gasteiger partial charge in [-0.15, -0.1) is 0 Å². The first-order valence-electron chi connectivity index (χ1n) is 19.0. The third-order valence-corrected chi connectivity index (χ3v) is 10.3. The molecule has 7 rings (SSSR count). The van der Waals surface area contributed by atoms with Crippen molar-refractivity contribution in [3.8, 4) is 34.1 Å². The molecule has 52 heavy (non-hydrogen) atoms. The van der Waals surface area contributed by atoms with Gasteiger partial charge in [0.2, 0.25) is 0 Å². The van der Waals surface area contributed by atoms with Crippen molar-refractivity contribution in [1.82, 2.24) is 19.3 Å². The van der Waals surface area contributed by atoms with E-state index < -0.39 is 0 Å². The zero-order valence-corrected chi connectivity index (χ0v) is 32.3. The van der Waals surface area contributed by atoms with Crippen LogP contribution >= 0.6 is 0 Å². The highest BCUT2D eigenvalue weighted by molar-refractivity contribution is 6.09. The van der Waals surface area contributed by atoms with E-state index in [9.17, 15) is 0 Å². The van der Waals surface area contributed by atoms with Crippen LogP contribution in [0.2, 0.25) is 0 Å². The smallest absolute Gasteiger partial charge is 0.137 e. The highest BCUT2D eigenvalue weighted by Gasteiger charge is 2.24. The first-order chi connectivity index (χ1) is 25.0. The second kappa shape index (κ2) is 14.1. The maximum absolute atomic E-state index is 6.87. The Balaban J connectivity index is 1.39. The Morgan fingerprint density at radius 2 is 1.44 bits per heavy atom. The predicted molar refractivity (Wildman–Crippen MR) is 218 cm³/mol. The number of fused-ring (bicyclic) bond motifs is 3. The largest absolute Gasteiger partial charge is 0.457 e. The molecule has 0 radical (unpaired) electrons. The van der Waals surface area contributed by atoms with E-state index in [-0.39, 0.29) is 5.41 Å². The third-order valence-electron chi connectivity index (χ3n) is 10.3. The van der Waals surface area contributed by atoms with E-state index >= 15 is 0 Å². The maximum atomic E-state index is 6.87. The molecule has 0 bridgehead atoms. The van der Waals surface area contributed by atoms with Crippen molar-refractivity contribution in [2.45, 2.75) is 99.3 Å². The summed E-state index contributed by atoms with van der Waals surface area (Å²) in [5, 5.41) is 7.77. The van der Waals surface area contributed by atoms with Crippen LogP contribution in [0.15, 0.2) is 97.2 Å². The summed E-state index contributed by atoms with van der Waals surface area (Å²) in [5.74, 6) is 2.90. The summed E-state index contributed by atoms with van der Waals surface area (Å²) < 4.78 is 11.3. The monoisotopic (exact) mass is 688 g/mol. The first-order valence-corrected chi connectivity index (χ1v) is 19.0. The van der Waals surface area contributed by atoms with Crippen LogP contribution in [0, 0.1) is 13.8 Å². The molecule has 0 unspecified atom stereocenters. The molecule has 0 N–H and O–H groups in total. The molecule has 3 aromatic heterocycles. The maximum Gasteiger partial charge on any atom is 0.137 e. The van der Waals surface area contributed by atoms with Gasteiger partial charge in [0.05, 0.1) is 28.1 Å². The van der Waals surface area contributed by atoms with Crippen molar-refractivity contribution in [2.24, 2.45) is 0 Å². The SMILES string of the molecule is CCCc1nn(-c2cc(Oc3ccc4c5ccccc5n(-c5cc(C(C)C)ccn5)c4c3)cc(C(C)(C)C)c2)c(CCC)c1-c1c(C)cccc1C. The molecule has 4 aromatic carbocycles. The number of hydrogen-bond acceptors (Lipinski definition) is 3. The predicted octanol–water partition coefficient (Wildman–Crippen LogP) is 12.8. The van der Waals surface area contributed by atoms with Crippen molar-refractivity contribution < 1.29 is 4.74 Å². The standard InChI is InChI=1S/C47H52N4O/c1-10-15-40-46(45-31(5)17-14-18-32(45)6)42(16-11-2)51(49-40)35-26-34(47(7,8)9)27-37(28-35)52-36-21-22-39-38-19-12-13-20-41(38)50(43(39)29-36)44-25-33(30(3)4)23-24-48-44/h12-14,17-30H,10-11,15-16H2,1-9H3. The van der Waals surface area contributed by atoms with Crippen molar-refractivity contribution in [3.63, 3.8) is 0 Å². The highest BCUT2D eigenvalue weighted by Crippen LogP contribution is 2.39. The molecular weight excluding hydrogens is 637 g/mol. The minimum Gasteiger partial charge on any atom is -0.457 e. The topological polar surface area (TPSA) is 44.9 Å². The van der Waals surface area contributed by atoms with Crippen molar-refractivity contribution >= 4 is 21.8 Å². The molecular formula is C47H52N4O. The van der Waals surface area contributed by atoms with Crippen LogP contribution in [0.25, 0.3) is 44.4 Å². The Morgan fingerprint density at radius 3 is 2.15 bits per heavy atom. The van der Waals surface area contributed by atoms with Gasteiger partial charge < -0.3 is 4.74 Å². The zero-order chi connectivity index (χ0) is 36.7. The van der Waals surface area contributed by atoms with Gasteiger partial charge in [-0.25, -0.2) is 9.67 Å². The fourth-order valence-electron chi connectivity index (χ4n) is 7.60. The van der Waals surface area contributed by atoms with E-state index in [1.807, 2.05) is 6.20 Å². The quantitative estimate of drug-likeness (QED) is 0.144. The van der Waals surface area contributed by atoms with Gasteiger partial charge in [-0.05, 0) is 108 Å². The molecule has 0 saturated heterocycles. The van der Waals surface area contributed by atoms with Crippen LogP contribution in [-0.2, 0) is 18.3 Å². The fourth-order valence-corrected chi connectivity index (χ4v) is 7.60. The Kier molecular flexibility index (Phi) is 9.56. The summed E-state index contributed by atoms with van der Waals surface area (Å²) in [7, 11) is 0. The summed E-state index contributed by atoms with van der Waals surface area (Å²) in [4.78, 5) is 4.85.